The molecular weight excluding hydrogens is 290 g/mol. The average molecular weight is 303 g/mol. The number of nitrogens with one attached hydrogen (secondary N) is 4. The molecule has 1 aromatic heterocycles. The van der Waals surface area contributed by atoms with Crippen molar-refractivity contribution in [1.29, 1.82) is 0 Å². The number of nitrogens with zero attached hydrogens (tertiary/aromatic N) is 1. The van der Waals surface area contributed by atoms with Crippen LogP contribution in [0.2, 0.25) is 0 Å². The summed E-state index contributed by atoms with van der Waals surface area (Å²) < 4.78 is 0. The molecule has 1 aliphatic heterocycles. The third kappa shape index (κ3) is 2.49. The smallest absolute Gasteiger partial charge is 0.323 e. The van der Waals surface area contributed by atoms with Crippen LogP contribution in [-0.4, -0.2) is 45.5 Å². The zero-order chi connectivity index (χ0) is 15.9. The molecule has 2 atom stereocenters. The van der Waals surface area contributed by atoms with Gasteiger partial charge in [0.05, 0.1) is 11.0 Å². The van der Waals surface area contributed by atoms with E-state index >= 15 is 0 Å². The highest BCUT2D eigenvalue weighted by atomic mass is 16.3. The largest absolute Gasteiger partial charge is 0.371 e. The van der Waals surface area contributed by atoms with Crippen LogP contribution in [0.25, 0.3) is 11.0 Å². The number of amides is 3. The Bertz CT molecular complexity index is 850. The first-order valence-electron chi connectivity index (χ1n) is 6.49. The Morgan fingerprint density at radius 1 is 1.18 bits per heavy atom. The second-order valence-corrected chi connectivity index (χ2v) is 4.96. The van der Waals surface area contributed by atoms with E-state index < -0.39 is 24.2 Å². The third-order valence-electron chi connectivity index (χ3n) is 3.36. The molecule has 5 N–H and O–H groups in total. The first kappa shape index (κ1) is 14.0. The van der Waals surface area contributed by atoms with Gasteiger partial charge in [0.25, 0.3) is 5.91 Å². The van der Waals surface area contributed by atoms with E-state index in [4.69, 9.17) is 0 Å². The third-order valence-corrected chi connectivity index (χ3v) is 3.36. The van der Waals surface area contributed by atoms with Gasteiger partial charge >= 0.3 is 11.7 Å². The number of aliphatic imine (C=N–C) groups is 1. The zero-order valence-electron chi connectivity index (χ0n) is 11.5. The summed E-state index contributed by atoms with van der Waals surface area (Å²) in [6, 6.07) is 1.59. The number of hydrogen-bond acceptors (Lipinski definition) is 5. The Labute approximate surface area is 123 Å². The summed E-state index contributed by atoms with van der Waals surface area (Å²) >= 11 is 0. The molecule has 0 saturated carbocycles. The molecular formula is C13H13N5O4. The molecule has 0 spiro atoms. The van der Waals surface area contributed by atoms with Gasteiger partial charge in [0, 0.05) is 6.21 Å². The average Bonchev–Trinajstić information content (AvgIpc) is 2.76. The van der Waals surface area contributed by atoms with Gasteiger partial charge in [0.2, 0.25) is 0 Å². The predicted octanol–water partition coefficient (Wildman–Crippen LogP) is -0.890. The van der Waals surface area contributed by atoms with Gasteiger partial charge in [-0.25, -0.2) is 9.59 Å². The quantitative estimate of drug-likeness (QED) is 0.459. The molecule has 1 fully saturated rings. The van der Waals surface area contributed by atoms with Crippen LogP contribution < -0.4 is 16.3 Å². The molecule has 2 unspecified atom stereocenters. The SMILES string of the molecule is Cc1cc2[nH]c(=O)[nH]c2cc1C=NC1C(=O)NC(=O)NC1O. The lowest BCUT2D eigenvalue weighted by atomic mass is 10.1. The number of urea groups is 1. The van der Waals surface area contributed by atoms with Crippen LogP contribution in [-0.2, 0) is 4.79 Å². The Kier molecular flexibility index (Phi) is 3.26. The van der Waals surface area contributed by atoms with Crippen LogP contribution in [0.3, 0.4) is 0 Å². The fourth-order valence-corrected chi connectivity index (χ4v) is 2.23. The Morgan fingerprint density at radius 2 is 1.86 bits per heavy atom. The topological polar surface area (TPSA) is 139 Å². The standard InChI is InChI=1S/C13H13N5O4/c1-5-2-7-8(16-12(21)15-7)3-6(5)4-14-9-10(19)17-13(22)18-11(9)20/h2-4,9-10,19H,1H3,(H2,15,16,21)(H2,17,18,20,22). The highest BCUT2D eigenvalue weighted by Crippen LogP contribution is 2.14. The number of fused-ring (bicyclic) bond motifs is 1. The van der Waals surface area contributed by atoms with Crippen LogP contribution >= 0.6 is 0 Å². The zero-order valence-corrected chi connectivity index (χ0v) is 11.5. The lowest BCUT2D eigenvalue weighted by molar-refractivity contribution is -0.125. The van der Waals surface area contributed by atoms with Gasteiger partial charge in [0.1, 0.15) is 0 Å². The molecule has 0 radical (unpaired) electrons. The first-order valence-corrected chi connectivity index (χ1v) is 6.49. The molecule has 9 heteroatoms. The van der Waals surface area contributed by atoms with Crippen molar-refractivity contribution < 1.29 is 14.7 Å². The second kappa shape index (κ2) is 5.11. The van der Waals surface area contributed by atoms with E-state index in [-0.39, 0.29) is 5.69 Å². The molecule has 9 nitrogen and oxygen atoms in total. The van der Waals surface area contributed by atoms with E-state index in [0.29, 0.717) is 16.6 Å². The fraction of sp³-hybridized carbons (Fsp3) is 0.231. The van der Waals surface area contributed by atoms with E-state index in [9.17, 15) is 19.5 Å². The van der Waals surface area contributed by atoms with Crippen molar-refractivity contribution >= 4 is 29.2 Å². The number of imide groups is 1. The second-order valence-electron chi connectivity index (χ2n) is 4.96. The minimum absolute atomic E-state index is 0.312. The Morgan fingerprint density at radius 3 is 2.55 bits per heavy atom. The van der Waals surface area contributed by atoms with Crippen LogP contribution in [0, 0.1) is 6.92 Å². The summed E-state index contributed by atoms with van der Waals surface area (Å²) in [5, 5.41) is 13.9. The number of aromatic nitrogens is 2. The number of H-pyrrole nitrogens is 2. The number of aromatic amines is 2. The van der Waals surface area contributed by atoms with E-state index in [0.717, 1.165) is 5.56 Å². The lowest BCUT2D eigenvalue weighted by Gasteiger charge is -2.24. The Hall–Kier alpha value is -2.94. The van der Waals surface area contributed by atoms with Gasteiger partial charge in [0.15, 0.2) is 12.3 Å². The van der Waals surface area contributed by atoms with Gasteiger partial charge in [-0.3, -0.25) is 15.1 Å². The number of rotatable bonds is 2. The van der Waals surface area contributed by atoms with E-state index in [2.05, 4.69) is 20.3 Å². The van der Waals surface area contributed by atoms with Gasteiger partial charge in [-0.2, -0.15) is 0 Å². The number of carbonyl (C=O) groups excluding carboxylic acids is 2. The van der Waals surface area contributed by atoms with E-state index in [1.54, 1.807) is 12.1 Å². The fourth-order valence-electron chi connectivity index (χ4n) is 2.23. The van der Waals surface area contributed by atoms with Gasteiger partial charge < -0.3 is 20.4 Å². The van der Waals surface area contributed by atoms with Crippen LogP contribution in [0.15, 0.2) is 21.9 Å². The number of hydrogen-bond donors (Lipinski definition) is 5. The van der Waals surface area contributed by atoms with Crippen molar-refractivity contribution in [3.8, 4) is 0 Å². The molecule has 1 aliphatic rings. The van der Waals surface area contributed by atoms with E-state index in [1.165, 1.54) is 6.21 Å². The maximum atomic E-state index is 11.6. The number of carbonyl (C=O) groups is 2. The van der Waals surface area contributed by atoms with Gasteiger partial charge in [-0.15, -0.1) is 0 Å². The summed E-state index contributed by atoms with van der Waals surface area (Å²) in [4.78, 5) is 43.2. The highest BCUT2D eigenvalue weighted by molar-refractivity contribution is 6.01. The summed E-state index contributed by atoms with van der Waals surface area (Å²) in [6.45, 7) is 1.82. The minimum atomic E-state index is -1.38. The van der Waals surface area contributed by atoms with Crippen molar-refractivity contribution in [2.75, 3.05) is 0 Å². The maximum Gasteiger partial charge on any atom is 0.323 e. The molecule has 2 heterocycles. The number of aliphatic hydroxyl groups excluding tert-OH is 1. The van der Waals surface area contributed by atoms with Crippen molar-refractivity contribution in [2.45, 2.75) is 19.2 Å². The maximum absolute atomic E-state index is 11.6. The monoisotopic (exact) mass is 303 g/mol. The van der Waals surface area contributed by atoms with Gasteiger partial charge in [-0.1, -0.05) is 0 Å². The summed E-state index contributed by atoms with van der Waals surface area (Å²) in [5.41, 5.74) is 2.48. The number of imidazole rings is 1. The molecule has 0 aliphatic carbocycles. The molecule has 3 rings (SSSR count). The van der Waals surface area contributed by atoms with Crippen molar-refractivity contribution in [1.82, 2.24) is 20.6 Å². The number of aryl methyl sites for hydroxylation is 1. The summed E-state index contributed by atoms with van der Waals surface area (Å²) in [5.74, 6) is -0.679. The van der Waals surface area contributed by atoms with Crippen LogP contribution in [0.1, 0.15) is 11.1 Å². The molecule has 0 bridgehead atoms. The minimum Gasteiger partial charge on any atom is -0.371 e. The van der Waals surface area contributed by atoms with Crippen LogP contribution in [0.5, 0.6) is 0 Å². The van der Waals surface area contributed by atoms with Gasteiger partial charge in [-0.05, 0) is 30.2 Å². The molecule has 1 aromatic carbocycles. The first-order chi connectivity index (χ1) is 10.4. The van der Waals surface area contributed by atoms with Crippen molar-refractivity contribution in [3.63, 3.8) is 0 Å². The predicted molar refractivity (Wildman–Crippen MR) is 77.7 cm³/mol. The molecule has 2 aromatic rings. The molecule has 114 valence electrons. The lowest BCUT2D eigenvalue weighted by Crippen LogP contribution is -2.60. The summed E-state index contributed by atoms with van der Waals surface area (Å²) in [6.07, 6.45) is 0.0407. The van der Waals surface area contributed by atoms with Crippen molar-refractivity contribution in [3.05, 3.63) is 33.7 Å². The number of benzene rings is 1. The Balaban J connectivity index is 1.91. The number of aliphatic hydroxyl groups is 1. The molecule has 22 heavy (non-hydrogen) atoms. The molecule has 3 amide bonds. The normalized spacial score (nSPS) is 22.1. The summed E-state index contributed by atoms with van der Waals surface area (Å²) in [7, 11) is 0. The molecule has 1 saturated heterocycles. The van der Waals surface area contributed by atoms with Crippen molar-refractivity contribution in [2.24, 2.45) is 4.99 Å². The van der Waals surface area contributed by atoms with E-state index in [1.807, 2.05) is 12.2 Å². The van der Waals surface area contributed by atoms with Crippen LogP contribution in [0.4, 0.5) is 4.79 Å². The highest BCUT2D eigenvalue weighted by Gasteiger charge is 2.33.